The summed E-state index contributed by atoms with van der Waals surface area (Å²) in [5.74, 6) is -0.356. The van der Waals surface area contributed by atoms with Crippen LogP contribution in [-0.4, -0.2) is 0 Å². The van der Waals surface area contributed by atoms with Crippen LogP contribution in [0.2, 0.25) is 0 Å². The number of rotatable bonds is 1. The Hall–Kier alpha value is -0.270. The van der Waals surface area contributed by atoms with E-state index in [2.05, 4.69) is 0 Å². The standard InChI is InChI=1S/C8H7Cl2F/c1-5-2-3-7(11)6(4-5)8(9)10/h2-4,8H,1H3. The van der Waals surface area contributed by atoms with Gasteiger partial charge in [-0.2, -0.15) is 0 Å². The third kappa shape index (κ3) is 2.08. The largest absolute Gasteiger partial charge is 0.207 e. The molecule has 0 unspecified atom stereocenters. The van der Waals surface area contributed by atoms with Gasteiger partial charge in [-0.3, -0.25) is 0 Å². The summed E-state index contributed by atoms with van der Waals surface area (Å²) < 4.78 is 12.9. The van der Waals surface area contributed by atoms with Crippen molar-refractivity contribution in [3.05, 3.63) is 35.1 Å². The number of alkyl halides is 2. The van der Waals surface area contributed by atoms with E-state index in [4.69, 9.17) is 23.2 Å². The Balaban J connectivity index is 3.13. The lowest BCUT2D eigenvalue weighted by molar-refractivity contribution is 0.615. The van der Waals surface area contributed by atoms with E-state index in [1.54, 1.807) is 12.1 Å². The number of aryl methyl sites for hydroxylation is 1. The van der Waals surface area contributed by atoms with Crippen molar-refractivity contribution in [3.63, 3.8) is 0 Å². The van der Waals surface area contributed by atoms with Crippen LogP contribution in [0, 0.1) is 12.7 Å². The van der Waals surface area contributed by atoms with Crippen LogP contribution >= 0.6 is 23.2 Å². The third-order valence-electron chi connectivity index (χ3n) is 1.39. The summed E-state index contributed by atoms with van der Waals surface area (Å²) in [7, 11) is 0. The maximum atomic E-state index is 12.9. The second-order valence-corrected chi connectivity index (χ2v) is 3.42. The summed E-state index contributed by atoms with van der Waals surface area (Å²) in [6.07, 6.45) is 0. The van der Waals surface area contributed by atoms with Gasteiger partial charge in [0.25, 0.3) is 0 Å². The Labute approximate surface area is 74.9 Å². The number of hydrogen-bond donors (Lipinski definition) is 0. The lowest BCUT2D eigenvalue weighted by Gasteiger charge is -2.03. The molecule has 0 heterocycles. The van der Waals surface area contributed by atoms with Gasteiger partial charge < -0.3 is 0 Å². The SMILES string of the molecule is Cc1ccc(F)c(C(Cl)Cl)c1. The zero-order chi connectivity index (χ0) is 8.43. The zero-order valence-corrected chi connectivity index (χ0v) is 7.46. The Kier molecular flexibility index (Phi) is 2.74. The van der Waals surface area contributed by atoms with Gasteiger partial charge in [0.05, 0.1) is 0 Å². The lowest BCUT2D eigenvalue weighted by atomic mass is 10.1. The predicted octanol–water partition coefficient (Wildman–Crippen LogP) is 3.61. The fourth-order valence-corrected chi connectivity index (χ4v) is 1.16. The maximum absolute atomic E-state index is 12.9. The van der Waals surface area contributed by atoms with Crippen LogP contribution in [0.3, 0.4) is 0 Å². The van der Waals surface area contributed by atoms with E-state index in [1.807, 2.05) is 6.92 Å². The molecule has 0 aliphatic heterocycles. The molecule has 0 spiro atoms. The molecule has 60 valence electrons. The molecule has 0 amide bonds. The van der Waals surface area contributed by atoms with Crippen molar-refractivity contribution in [2.24, 2.45) is 0 Å². The molecule has 0 fully saturated rings. The van der Waals surface area contributed by atoms with Gasteiger partial charge in [0.1, 0.15) is 10.7 Å². The first-order valence-corrected chi connectivity index (χ1v) is 4.02. The molecule has 1 aromatic carbocycles. The average molecular weight is 193 g/mol. The lowest BCUT2D eigenvalue weighted by Crippen LogP contribution is -1.88. The first-order valence-electron chi connectivity index (χ1n) is 3.15. The van der Waals surface area contributed by atoms with Crippen LogP contribution in [0.25, 0.3) is 0 Å². The Morgan fingerprint density at radius 1 is 1.36 bits per heavy atom. The fourth-order valence-electron chi connectivity index (χ4n) is 0.830. The molecular weight excluding hydrogens is 186 g/mol. The molecule has 0 N–H and O–H groups in total. The smallest absolute Gasteiger partial charge is 0.135 e. The molecule has 0 aliphatic rings. The van der Waals surface area contributed by atoms with Crippen molar-refractivity contribution in [2.45, 2.75) is 11.8 Å². The molecule has 0 nitrogen and oxygen atoms in total. The molecule has 0 saturated carbocycles. The van der Waals surface area contributed by atoms with Gasteiger partial charge in [-0.15, -0.1) is 0 Å². The highest BCUT2D eigenvalue weighted by molar-refractivity contribution is 6.44. The quantitative estimate of drug-likeness (QED) is 0.597. The van der Waals surface area contributed by atoms with Crippen LogP contribution in [0.15, 0.2) is 18.2 Å². The molecule has 0 atom stereocenters. The van der Waals surface area contributed by atoms with Crippen molar-refractivity contribution in [1.29, 1.82) is 0 Å². The molecule has 0 radical (unpaired) electrons. The fraction of sp³-hybridized carbons (Fsp3) is 0.250. The molecule has 11 heavy (non-hydrogen) atoms. The molecular formula is C8H7Cl2F. The number of benzene rings is 1. The van der Waals surface area contributed by atoms with E-state index in [1.165, 1.54) is 6.07 Å². The molecule has 0 aliphatic carbocycles. The second kappa shape index (κ2) is 3.42. The maximum Gasteiger partial charge on any atom is 0.135 e. The summed E-state index contributed by atoms with van der Waals surface area (Å²) in [5, 5.41) is 0. The monoisotopic (exact) mass is 192 g/mol. The van der Waals surface area contributed by atoms with E-state index < -0.39 is 4.84 Å². The van der Waals surface area contributed by atoms with Crippen molar-refractivity contribution in [3.8, 4) is 0 Å². The van der Waals surface area contributed by atoms with Gasteiger partial charge in [-0.1, -0.05) is 40.9 Å². The number of hydrogen-bond acceptors (Lipinski definition) is 0. The van der Waals surface area contributed by atoms with E-state index >= 15 is 0 Å². The van der Waals surface area contributed by atoms with Gasteiger partial charge in [0, 0.05) is 5.56 Å². The van der Waals surface area contributed by atoms with Crippen molar-refractivity contribution in [1.82, 2.24) is 0 Å². The molecule has 1 rings (SSSR count). The molecule has 0 aromatic heterocycles. The van der Waals surface area contributed by atoms with Crippen LogP contribution < -0.4 is 0 Å². The summed E-state index contributed by atoms with van der Waals surface area (Å²) in [4.78, 5) is -0.782. The summed E-state index contributed by atoms with van der Waals surface area (Å²) >= 11 is 11.0. The highest BCUT2D eigenvalue weighted by Crippen LogP contribution is 2.27. The predicted molar refractivity (Wildman–Crippen MR) is 45.6 cm³/mol. The Morgan fingerprint density at radius 2 is 2.00 bits per heavy atom. The van der Waals surface area contributed by atoms with Gasteiger partial charge in [0.2, 0.25) is 0 Å². The first kappa shape index (κ1) is 8.82. The minimum absolute atomic E-state index is 0.341. The second-order valence-electron chi connectivity index (χ2n) is 2.33. The average Bonchev–Trinajstić information content (AvgIpc) is 1.94. The van der Waals surface area contributed by atoms with Gasteiger partial charge >= 0.3 is 0 Å². The van der Waals surface area contributed by atoms with Crippen molar-refractivity contribution in [2.75, 3.05) is 0 Å². The van der Waals surface area contributed by atoms with E-state index in [0.29, 0.717) is 5.56 Å². The summed E-state index contributed by atoms with van der Waals surface area (Å²) in [6, 6.07) is 4.68. The molecule has 1 aromatic rings. The van der Waals surface area contributed by atoms with E-state index in [0.717, 1.165) is 5.56 Å². The van der Waals surface area contributed by atoms with Gasteiger partial charge in [-0.25, -0.2) is 4.39 Å². The van der Waals surface area contributed by atoms with Crippen LogP contribution in [0.4, 0.5) is 4.39 Å². The summed E-state index contributed by atoms with van der Waals surface area (Å²) in [5.41, 5.74) is 1.29. The van der Waals surface area contributed by atoms with Gasteiger partial charge in [-0.05, 0) is 13.0 Å². The minimum Gasteiger partial charge on any atom is -0.207 e. The van der Waals surface area contributed by atoms with E-state index in [9.17, 15) is 4.39 Å². The summed E-state index contributed by atoms with van der Waals surface area (Å²) in [6.45, 7) is 1.86. The van der Waals surface area contributed by atoms with Crippen LogP contribution in [-0.2, 0) is 0 Å². The minimum atomic E-state index is -0.782. The van der Waals surface area contributed by atoms with E-state index in [-0.39, 0.29) is 5.82 Å². The topological polar surface area (TPSA) is 0 Å². The first-order chi connectivity index (χ1) is 5.11. The number of halogens is 3. The van der Waals surface area contributed by atoms with Crippen molar-refractivity contribution < 1.29 is 4.39 Å². The normalized spacial score (nSPS) is 10.6. The Bertz CT molecular complexity index is 258. The van der Waals surface area contributed by atoms with Crippen molar-refractivity contribution >= 4 is 23.2 Å². The molecule has 3 heteroatoms. The molecule has 0 bridgehead atoms. The van der Waals surface area contributed by atoms with Crippen LogP contribution in [0.1, 0.15) is 16.0 Å². The zero-order valence-electron chi connectivity index (χ0n) is 5.94. The van der Waals surface area contributed by atoms with Gasteiger partial charge in [0.15, 0.2) is 0 Å². The van der Waals surface area contributed by atoms with Crippen LogP contribution in [0.5, 0.6) is 0 Å². The highest BCUT2D eigenvalue weighted by atomic mass is 35.5. The highest BCUT2D eigenvalue weighted by Gasteiger charge is 2.08. The third-order valence-corrected chi connectivity index (χ3v) is 1.86. The molecule has 0 saturated heterocycles. The Morgan fingerprint density at radius 3 is 2.45 bits per heavy atom.